The summed E-state index contributed by atoms with van der Waals surface area (Å²) in [5.41, 5.74) is -0.0778. The van der Waals surface area contributed by atoms with Crippen molar-refractivity contribution in [1.82, 2.24) is 0 Å². The Hall–Kier alpha value is -1.95. The number of ether oxygens (including phenoxy) is 2. The number of carbonyl (C=O) groups excluding carboxylic acids is 2. The molecule has 6 nitrogen and oxygen atoms in total. The largest absolute Gasteiger partial charge is 0.461 e. The summed E-state index contributed by atoms with van der Waals surface area (Å²) in [4.78, 5) is 26.4. The highest BCUT2D eigenvalue weighted by Gasteiger charge is 2.30. The van der Waals surface area contributed by atoms with Crippen LogP contribution in [0.1, 0.15) is 65.4 Å². The van der Waals surface area contributed by atoms with Gasteiger partial charge in [-0.1, -0.05) is 56.3 Å². The molecule has 0 aromatic heterocycles. The summed E-state index contributed by atoms with van der Waals surface area (Å²) in [6, 6.07) is 5.57. The minimum atomic E-state index is -0.961. The van der Waals surface area contributed by atoms with E-state index in [1.54, 1.807) is 19.9 Å². The highest BCUT2D eigenvalue weighted by Crippen LogP contribution is 2.56. The second kappa shape index (κ2) is 11.8. The van der Waals surface area contributed by atoms with E-state index in [4.69, 9.17) is 9.47 Å². The molecule has 0 aliphatic carbocycles. The Morgan fingerprint density at radius 1 is 1.22 bits per heavy atom. The van der Waals surface area contributed by atoms with E-state index in [0.29, 0.717) is 22.3 Å². The topological polar surface area (TPSA) is 96.6 Å². The molecule has 1 aromatic carbocycles. The van der Waals surface area contributed by atoms with Crippen molar-refractivity contribution in [3.8, 4) is 11.8 Å². The lowest BCUT2D eigenvalue weighted by molar-refractivity contribution is -0.139. The average Bonchev–Trinajstić information content (AvgIpc) is 3.14. The molecule has 0 spiro atoms. The first-order chi connectivity index (χ1) is 15.1. The number of fused-ring (bicyclic) bond motifs is 1. The lowest BCUT2D eigenvalue weighted by atomic mass is 10.0. The van der Waals surface area contributed by atoms with E-state index < -0.39 is 11.6 Å². The molecule has 0 fully saturated rings. The molecule has 1 atom stereocenters. The lowest BCUT2D eigenvalue weighted by Gasteiger charge is -2.16. The molecule has 0 bridgehead atoms. The number of nitriles is 1. The van der Waals surface area contributed by atoms with Crippen LogP contribution in [-0.4, -0.2) is 29.3 Å². The van der Waals surface area contributed by atoms with Gasteiger partial charge in [0.25, 0.3) is 0 Å². The van der Waals surface area contributed by atoms with Crippen molar-refractivity contribution < 1.29 is 24.2 Å². The van der Waals surface area contributed by atoms with Gasteiger partial charge in [-0.05, 0) is 44.7 Å². The summed E-state index contributed by atoms with van der Waals surface area (Å²) in [5.74, 6) is -0.0930. The molecule has 2 rings (SSSR count). The molecule has 1 heterocycles. The van der Waals surface area contributed by atoms with Gasteiger partial charge in [-0.3, -0.25) is 4.79 Å². The van der Waals surface area contributed by atoms with Gasteiger partial charge in [0.1, 0.15) is 11.8 Å². The van der Waals surface area contributed by atoms with Crippen LogP contribution in [0.2, 0.25) is 0 Å². The lowest BCUT2D eigenvalue weighted by Crippen LogP contribution is -2.22. The van der Waals surface area contributed by atoms with Crippen LogP contribution >= 0.6 is 23.5 Å². The minimum absolute atomic E-state index is 0.0153. The Bertz CT molecular complexity index is 928. The number of aryl methyl sites for hydroxylation is 1. The highest BCUT2D eigenvalue weighted by atomic mass is 32.2. The van der Waals surface area contributed by atoms with Crippen LogP contribution in [0.25, 0.3) is 0 Å². The standard InChI is InChI=1S/C24H31NO5S2/c1-6-7-15(2)8-11-19(26)30-18-10-9-16(3)20-21(18)32-23(31-20)17(14-25)22(27)29-13-12-24(4,5)28/h9-10,15,28H,6-8,11-13H2,1-5H3/b23-17-. The Balaban J connectivity index is 2.14. The van der Waals surface area contributed by atoms with Crippen molar-refractivity contribution >= 4 is 35.5 Å². The van der Waals surface area contributed by atoms with Crippen molar-refractivity contribution in [2.75, 3.05) is 6.61 Å². The van der Waals surface area contributed by atoms with Crippen molar-refractivity contribution in [2.45, 2.75) is 82.1 Å². The number of nitrogens with zero attached hydrogens (tertiary/aromatic N) is 1. The zero-order valence-corrected chi connectivity index (χ0v) is 21.0. The Morgan fingerprint density at radius 2 is 1.91 bits per heavy atom. The van der Waals surface area contributed by atoms with Crippen molar-refractivity contribution in [3.63, 3.8) is 0 Å². The van der Waals surface area contributed by atoms with Gasteiger partial charge in [-0.25, -0.2) is 4.79 Å². The summed E-state index contributed by atoms with van der Waals surface area (Å²) in [7, 11) is 0. The van der Waals surface area contributed by atoms with E-state index in [1.165, 1.54) is 23.5 Å². The second-order valence-electron chi connectivity index (χ2n) is 8.62. The SMILES string of the molecule is CCCC(C)CCC(=O)Oc1ccc(C)c2c1S/C(=C(/C#N)C(=O)OCCC(C)(C)O)S2. The summed E-state index contributed by atoms with van der Waals surface area (Å²) in [5, 5.41) is 19.3. The molecular weight excluding hydrogens is 446 g/mol. The van der Waals surface area contributed by atoms with Gasteiger partial charge in [-0.15, -0.1) is 0 Å². The van der Waals surface area contributed by atoms with E-state index in [2.05, 4.69) is 13.8 Å². The third kappa shape index (κ3) is 7.58. The fourth-order valence-electron chi connectivity index (χ4n) is 3.07. The third-order valence-corrected chi connectivity index (χ3v) is 7.72. The van der Waals surface area contributed by atoms with Crippen molar-refractivity contribution in [1.29, 1.82) is 5.26 Å². The van der Waals surface area contributed by atoms with Gasteiger partial charge in [-0.2, -0.15) is 5.26 Å². The minimum Gasteiger partial charge on any atom is -0.461 e. The Kier molecular flexibility index (Phi) is 9.68. The molecule has 32 heavy (non-hydrogen) atoms. The molecule has 0 saturated carbocycles. The van der Waals surface area contributed by atoms with E-state index in [0.717, 1.165) is 34.6 Å². The monoisotopic (exact) mass is 477 g/mol. The number of aliphatic hydroxyl groups is 1. The van der Waals surface area contributed by atoms with Crippen LogP contribution in [0.5, 0.6) is 5.75 Å². The molecule has 1 aliphatic rings. The summed E-state index contributed by atoms with van der Waals surface area (Å²) in [6.45, 7) is 9.46. The van der Waals surface area contributed by atoms with Crippen LogP contribution < -0.4 is 4.74 Å². The van der Waals surface area contributed by atoms with Crippen molar-refractivity contribution in [3.05, 3.63) is 27.5 Å². The maximum absolute atomic E-state index is 12.5. The fraction of sp³-hybridized carbons (Fsp3) is 0.542. The molecule has 174 valence electrons. The molecule has 1 unspecified atom stereocenters. The maximum Gasteiger partial charge on any atom is 0.350 e. The molecular formula is C24H31NO5S2. The molecule has 1 aliphatic heterocycles. The first kappa shape index (κ1) is 26.3. The quantitative estimate of drug-likeness (QED) is 0.197. The van der Waals surface area contributed by atoms with Crippen molar-refractivity contribution in [2.24, 2.45) is 5.92 Å². The average molecular weight is 478 g/mol. The summed E-state index contributed by atoms with van der Waals surface area (Å²) in [6.07, 6.45) is 3.57. The second-order valence-corrected chi connectivity index (χ2v) is 10.9. The molecule has 1 aromatic rings. The van der Waals surface area contributed by atoms with Crippen LogP contribution in [0, 0.1) is 24.2 Å². The third-order valence-electron chi connectivity index (χ3n) is 4.98. The zero-order valence-electron chi connectivity index (χ0n) is 19.3. The van der Waals surface area contributed by atoms with Gasteiger partial charge < -0.3 is 14.6 Å². The molecule has 8 heteroatoms. The normalized spacial score (nSPS) is 15.5. The van der Waals surface area contributed by atoms with Gasteiger partial charge in [0.15, 0.2) is 5.57 Å². The number of thioether (sulfide) groups is 2. The molecule has 1 N–H and O–H groups in total. The van der Waals surface area contributed by atoms with Crippen LogP contribution in [0.4, 0.5) is 0 Å². The van der Waals surface area contributed by atoms with E-state index in [1.807, 2.05) is 19.1 Å². The van der Waals surface area contributed by atoms with Crippen LogP contribution in [0.3, 0.4) is 0 Å². The van der Waals surface area contributed by atoms with Crippen LogP contribution in [-0.2, 0) is 14.3 Å². The van der Waals surface area contributed by atoms with Gasteiger partial charge in [0.2, 0.25) is 0 Å². The summed E-state index contributed by atoms with van der Waals surface area (Å²) < 4.78 is 11.3. The molecule has 0 radical (unpaired) electrons. The number of carbonyl (C=O) groups is 2. The van der Waals surface area contributed by atoms with E-state index in [-0.39, 0.29) is 24.6 Å². The van der Waals surface area contributed by atoms with E-state index >= 15 is 0 Å². The van der Waals surface area contributed by atoms with Gasteiger partial charge in [0.05, 0.1) is 21.3 Å². The number of hydrogen-bond acceptors (Lipinski definition) is 8. The Morgan fingerprint density at radius 3 is 2.53 bits per heavy atom. The Labute approximate surface area is 198 Å². The highest BCUT2D eigenvalue weighted by molar-refractivity contribution is 8.24. The predicted molar refractivity (Wildman–Crippen MR) is 126 cm³/mol. The first-order valence-corrected chi connectivity index (χ1v) is 12.4. The number of esters is 2. The first-order valence-electron chi connectivity index (χ1n) is 10.8. The maximum atomic E-state index is 12.5. The fourth-order valence-corrected chi connectivity index (χ4v) is 5.71. The number of benzene rings is 1. The van der Waals surface area contributed by atoms with E-state index in [9.17, 15) is 20.0 Å². The van der Waals surface area contributed by atoms with Gasteiger partial charge >= 0.3 is 11.9 Å². The smallest absolute Gasteiger partial charge is 0.350 e. The molecule has 0 saturated heterocycles. The number of rotatable bonds is 10. The molecule has 0 amide bonds. The summed E-state index contributed by atoms with van der Waals surface area (Å²) >= 11 is 2.55. The van der Waals surface area contributed by atoms with Gasteiger partial charge in [0, 0.05) is 17.7 Å². The van der Waals surface area contributed by atoms with Crippen LogP contribution in [0.15, 0.2) is 31.7 Å². The number of hydrogen-bond donors (Lipinski definition) is 1. The zero-order chi connectivity index (χ0) is 23.9. The predicted octanol–water partition coefficient (Wildman–Crippen LogP) is 5.75.